The van der Waals surface area contributed by atoms with Crippen molar-refractivity contribution in [3.8, 4) is 0 Å². The van der Waals surface area contributed by atoms with E-state index in [1.807, 2.05) is 18.2 Å². The lowest BCUT2D eigenvalue weighted by Crippen LogP contribution is -2.45. The van der Waals surface area contributed by atoms with E-state index in [1.54, 1.807) is 4.90 Å². The van der Waals surface area contributed by atoms with Crippen LogP contribution in [0.5, 0.6) is 0 Å². The summed E-state index contributed by atoms with van der Waals surface area (Å²) in [4.78, 5) is 27.4. The SMILES string of the molecule is NC(=O)CN1C[C@@H](COC(=O)N2CCOCC2)CC[C@H]1c1ccccc1. The molecule has 0 aromatic heterocycles. The van der Waals surface area contributed by atoms with Crippen LogP contribution in [-0.2, 0) is 14.3 Å². The summed E-state index contributed by atoms with van der Waals surface area (Å²) in [7, 11) is 0. The molecule has 3 rings (SSSR count). The Balaban J connectivity index is 1.55. The second-order valence-corrected chi connectivity index (χ2v) is 6.94. The van der Waals surface area contributed by atoms with Crippen molar-refractivity contribution < 1.29 is 19.1 Å². The lowest BCUT2D eigenvalue weighted by atomic mass is 9.89. The molecular formula is C19H27N3O4. The standard InChI is InChI=1S/C19H27N3O4/c20-18(23)13-22-12-15(6-7-17(22)16-4-2-1-3-5-16)14-26-19(24)21-8-10-25-11-9-21/h1-5,15,17H,6-14H2,(H2,20,23)/t15-,17-/m0/s1. The Hall–Kier alpha value is -2.12. The number of carbonyl (C=O) groups excluding carboxylic acids is 2. The van der Waals surface area contributed by atoms with Gasteiger partial charge in [-0.25, -0.2) is 4.79 Å². The van der Waals surface area contributed by atoms with Crippen LogP contribution in [0.1, 0.15) is 24.4 Å². The van der Waals surface area contributed by atoms with Crippen LogP contribution in [0.4, 0.5) is 4.79 Å². The lowest BCUT2D eigenvalue weighted by molar-refractivity contribution is -0.120. The van der Waals surface area contributed by atoms with Crippen LogP contribution in [0.2, 0.25) is 0 Å². The number of hydrogen-bond donors (Lipinski definition) is 1. The fourth-order valence-corrected chi connectivity index (χ4v) is 3.72. The van der Waals surface area contributed by atoms with Crippen LogP contribution < -0.4 is 5.73 Å². The highest BCUT2D eigenvalue weighted by Gasteiger charge is 2.31. The maximum Gasteiger partial charge on any atom is 0.409 e. The molecule has 2 fully saturated rings. The van der Waals surface area contributed by atoms with Crippen molar-refractivity contribution in [3.05, 3.63) is 35.9 Å². The van der Waals surface area contributed by atoms with E-state index in [0.717, 1.165) is 12.8 Å². The predicted molar refractivity (Wildman–Crippen MR) is 96.4 cm³/mol. The van der Waals surface area contributed by atoms with Gasteiger partial charge in [-0.3, -0.25) is 9.69 Å². The van der Waals surface area contributed by atoms with Crippen molar-refractivity contribution in [1.29, 1.82) is 0 Å². The number of primary amides is 1. The molecule has 2 aliphatic heterocycles. The van der Waals surface area contributed by atoms with E-state index in [1.165, 1.54) is 5.56 Å². The summed E-state index contributed by atoms with van der Waals surface area (Å²) in [5.41, 5.74) is 6.64. The van der Waals surface area contributed by atoms with E-state index in [2.05, 4.69) is 17.0 Å². The van der Waals surface area contributed by atoms with Crippen LogP contribution in [0.15, 0.2) is 30.3 Å². The summed E-state index contributed by atoms with van der Waals surface area (Å²) in [5.74, 6) is -0.129. The molecule has 2 amide bonds. The third-order valence-electron chi connectivity index (χ3n) is 5.04. The number of morpholine rings is 1. The maximum absolute atomic E-state index is 12.1. The minimum atomic E-state index is -0.336. The van der Waals surface area contributed by atoms with Gasteiger partial charge < -0.3 is 20.1 Å². The Morgan fingerprint density at radius 2 is 1.88 bits per heavy atom. The number of piperidine rings is 1. The van der Waals surface area contributed by atoms with Crippen molar-refractivity contribution in [1.82, 2.24) is 9.80 Å². The monoisotopic (exact) mass is 361 g/mol. The van der Waals surface area contributed by atoms with Crippen molar-refractivity contribution >= 4 is 12.0 Å². The third-order valence-corrected chi connectivity index (χ3v) is 5.04. The Kier molecular flexibility index (Phi) is 6.46. The van der Waals surface area contributed by atoms with Gasteiger partial charge in [0.25, 0.3) is 0 Å². The molecule has 1 aromatic rings. The average Bonchev–Trinajstić information content (AvgIpc) is 2.67. The number of hydrogen-bond acceptors (Lipinski definition) is 5. The number of nitrogens with two attached hydrogens (primary N) is 1. The summed E-state index contributed by atoms with van der Waals surface area (Å²) >= 11 is 0. The van der Waals surface area contributed by atoms with Gasteiger partial charge in [0.1, 0.15) is 0 Å². The van der Waals surface area contributed by atoms with Crippen LogP contribution in [-0.4, -0.2) is 67.8 Å². The van der Waals surface area contributed by atoms with Crippen molar-refractivity contribution in [2.45, 2.75) is 18.9 Å². The minimum absolute atomic E-state index is 0.176. The number of ether oxygens (including phenoxy) is 2. The third kappa shape index (κ3) is 4.95. The average molecular weight is 361 g/mol. The zero-order valence-corrected chi connectivity index (χ0v) is 15.0. The molecule has 1 aromatic carbocycles. The van der Waals surface area contributed by atoms with Gasteiger partial charge in [0.05, 0.1) is 26.4 Å². The van der Waals surface area contributed by atoms with Gasteiger partial charge in [0.15, 0.2) is 0 Å². The van der Waals surface area contributed by atoms with Crippen molar-refractivity contribution in [2.75, 3.05) is 46.0 Å². The number of benzene rings is 1. The highest BCUT2D eigenvalue weighted by molar-refractivity contribution is 5.76. The largest absolute Gasteiger partial charge is 0.449 e. The molecule has 2 saturated heterocycles. The Bertz CT molecular complexity index is 604. The molecule has 26 heavy (non-hydrogen) atoms. The van der Waals surface area contributed by atoms with Crippen LogP contribution in [0, 0.1) is 5.92 Å². The molecule has 2 aliphatic rings. The van der Waals surface area contributed by atoms with E-state index in [4.69, 9.17) is 15.2 Å². The molecule has 142 valence electrons. The molecule has 7 nitrogen and oxygen atoms in total. The first-order valence-electron chi connectivity index (χ1n) is 9.20. The zero-order chi connectivity index (χ0) is 18.4. The highest BCUT2D eigenvalue weighted by atomic mass is 16.6. The lowest BCUT2D eigenvalue weighted by Gasteiger charge is -2.39. The van der Waals surface area contributed by atoms with Gasteiger partial charge in [-0.2, -0.15) is 0 Å². The summed E-state index contributed by atoms with van der Waals surface area (Å²) in [6.45, 7) is 3.55. The molecule has 0 bridgehead atoms. The van der Waals surface area contributed by atoms with Gasteiger partial charge in [0.2, 0.25) is 5.91 Å². The summed E-state index contributed by atoms with van der Waals surface area (Å²) in [5, 5.41) is 0. The Labute approximate surface area is 154 Å². The number of likely N-dealkylation sites (tertiary alicyclic amines) is 1. The molecular weight excluding hydrogens is 334 g/mol. The molecule has 2 N–H and O–H groups in total. The van der Waals surface area contributed by atoms with Crippen LogP contribution >= 0.6 is 0 Å². The first-order chi connectivity index (χ1) is 12.6. The van der Waals surface area contributed by atoms with Crippen LogP contribution in [0.25, 0.3) is 0 Å². The normalized spacial score (nSPS) is 24.2. The molecule has 0 spiro atoms. The van der Waals surface area contributed by atoms with Gasteiger partial charge in [-0.05, 0) is 18.4 Å². The molecule has 0 radical (unpaired) electrons. The number of rotatable bonds is 5. The van der Waals surface area contributed by atoms with Gasteiger partial charge in [0, 0.05) is 31.6 Å². The van der Waals surface area contributed by atoms with E-state index < -0.39 is 0 Å². The van der Waals surface area contributed by atoms with E-state index >= 15 is 0 Å². The second kappa shape index (κ2) is 9.00. The van der Waals surface area contributed by atoms with Crippen LogP contribution in [0.3, 0.4) is 0 Å². The molecule has 2 atom stereocenters. The van der Waals surface area contributed by atoms with Crippen molar-refractivity contribution in [3.63, 3.8) is 0 Å². The summed E-state index contributed by atoms with van der Waals surface area (Å²) in [6.07, 6.45) is 1.59. The van der Waals surface area contributed by atoms with E-state index in [0.29, 0.717) is 39.5 Å². The Morgan fingerprint density at radius 3 is 2.58 bits per heavy atom. The summed E-state index contributed by atoms with van der Waals surface area (Å²) in [6, 6.07) is 10.3. The summed E-state index contributed by atoms with van der Waals surface area (Å²) < 4.78 is 10.8. The maximum atomic E-state index is 12.1. The smallest absolute Gasteiger partial charge is 0.409 e. The molecule has 0 aliphatic carbocycles. The quantitative estimate of drug-likeness (QED) is 0.857. The highest BCUT2D eigenvalue weighted by Crippen LogP contribution is 2.33. The molecule has 7 heteroatoms. The second-order valence-electron chi connectivity index (χ2n) is 6.94. The van der Waals surface area contributed by atoms with Gasteiger partial charge >= 0.3 is 6.09 Å². The predicted octanol–water partition coefficient (Wildman–Crippen LogP) is 1.39. The topological polar surface area (TPSA) is 85.1 Å². The molecule has 0 saturated carbocycles. The van der Waals surface area contributed by atoms with E-state index in [9.17, 15) is 9.59 Å². The number of amides is 2. The first kappa shape index (κ1) is 18.7. The Morgan fingerprint density at radius 1 is 1.15 bits per heavy atom. The van der Waals surface area contributed by atoms with E-state index in [-0.39, 0.29) is 30.5 Å². The fraction of sp³-hybridized carbons (Fsp3) is 0.579. The zero-order valence-electron chi connectivity index (χ0n) is 15.0. The molecule has 2 heterocycles. The number of nitrogens with zero attached hydrogens (tertiary/aromatic N) is 2. The van der Waals surface area contributed by atoms with Gasteiger partial charge in [-0.1, -0.05) is 30.3 Å². The minimum Gasteiger partial charge on any atom is -0.449 e. The molecule has 0 unspecified atom stereocenters. The fourth-order valence-electron chi connectivity index (χ4n) is 3.72. The van der Waals surface area contributed by atoms with Crippen molar-refractivity contribution in [2.24, 2.45) is 11.7 Å². The number of carbonyl (C=O) groups is 2. The first-order valence-corrected chi connectivity index (χ1v) is 9.20. The van der Waals surface area contributed by atoms with Gasteiger partial charge in [-0.15, -0.1) is 0 Å².